The van der Waals surface area contributed by atoms with Gasteiger partial charge in [0.05, 0.1) is 0 Å². The number of carbonyl (C=O) groups is 2. The summed E-state index contributed by atoms with van der Waals surface area (Å²) in [6, 6.07) is 17.3. The van der Waals surface area contributed by atoms with Crippen LogP contribution in [0.2, 0.25) is 0 Å². The molecule has 1 fully saturated rings. The second-order valence-corrected chi connectivity index (χ2v) is 6.99. The lowest BCUT2D eigenvalue weighted by Crippen LogP contribution is -2.48. The first kappa shape index (κ1) is 20.9. The van der Waals surface area contributed by atoms with Crippen LogP contribution in [0.25, 0.3) is 0 Å². The van der Waals surface area contributed by atoms with E-state index in [0.29, 0.717) is 19.5 Å². The van der Waals surface area contributed by atoms with E-state index in [1.807, 2.05) is 59.5 Å². The van der Waals surface area contributed by atoms with Crippen molar-refractivity contribution < 1.29 is 9.59 Å². The topological polar surface area (TPSA) is 75.4 Å². The predicted molar refractivity (Wildman–Crippen MR) is 108 cm³/mol. The van der Waals surface area contributed by atoms with E-state index in [9.17, 15) is 9.59 Å². The van der Waals surface area contributed by atoms with E-state index in [1.54, 1.807) is 6.92 Å². The first-order valence-electron chi connectivity index (χ1n) is 8.95. The molecule has 1 aliphatic rings. The molecule has 0 aromatic heterocycles. The minimum absolute atomic E-state index is 0. The predicted octanol–water partition coefficient (Wildman–Crippen LogP) is 2.72. The summed E-state index contributed by atoms with van der Waals surface area (Å²) < 4.78 is 0. The van der Waals surface area contributed by atoms with Crippen molar-refractivity contribution in [3.8, 4) is 0 Å². The average molecular weight is 388 g/mol. The summed E-state index contributed by atoms with van der Waals surface area (Å²) in [6.45, 7) is 3.56. The molecule has 6 heteroatoms. The van der Waals surface area contributed by atoms with E-state index in [2.05, 4.69) is 5.32 Å². The van der Waals surface area contributed by atoms with Gasteiger partial charge < -0.3 is 16.0 Å². The highest BCUT2D eigenvalue weighted by Crippen LogP contribution is 2.18. The fourth-order valence-corrected chi connectivity index (χ4v) is 3.21. The Bertz CT molecular complexity index is 793. The van der Waals surface area contributed by atoms with E-state index in [1.165, 1.54) is 0 Å². The van der Waals surface area contributed by atoms with E-state index in [4.69, 9.17) is 5.73 Å². The first-order chi connectivity index (χ1) is 12.5. The molecule has 3 rings (SSSR count). The van der Waals surface area contributed by atoms with Crippen LogP contribution in [-0.4, -0.2) is 23.3 Å². The van der Waals surface area contributed by atoms with E-state index < -0.39 is 5.54 Å². The number of nitrogens with two attached hydrogens (primary N) is 1. The second kappa shape index (κ2) is 9.02. The molecule has 2 aromatic rings. The Morgan fingerprint density at radius 2 is 1.85 bits per heavy atom. The lowest BCUT2D eigenvalue weighted by molar-refractivity contribution is -0.128. The van der Waals surface area contributed by atoms with Gasteiger partial charge in [-0.1, -0.05) is 54.6 Å². The fraction of sp³-hybridized carbons (Fsp3) is 0.333. The number of hydrogen-bond acceptors (Lipinski definition) is 3. The summed E-state index contributed by atoms with van der Waals surface area (Å²) in [7, 11) is 0. The largest absolute Gasteiger partial charge is 0.350 e. The molecule has 0 spiro atoms. The lowest BCUT2D eigenvalue weighted by Gasteiger charge is -2.24. The third-order valence-electron chi connectivity index (χ3n) is 4.83. The summed E-state index contributed by atoms with van der Waals surface area (Å²) in [6.07, 6.45) is 1.58. The number of hydrogen-bond donors (Lipinski definition) is 2. The first-order valence-corrected chi connectivity index (χ1v) is 8.95. The van der Waals surface area contributed by atoms with Gasteiger partial charge in [-0.3, -0.25) is 9.59 Å². The van der Waals surface area contributed by atoms with Crippen LogP contribution in [0.15, 0.2) is 54.6 Å². The maximum atomic E-state index is 12.6. The van der Waals surface area contributed by atoms with Gasteiger partial charge in [0.15, 0.2) is 0 Å². The van der Waals surface area contributed by atoms with Crippen LogP contribution < -0.4 is 11.1 Å². The highest BCUT2D eigenvalue weighted by atomic mass is 35.5. The molecule has 3 N–H and O–H groups in total. The molecule has 27 heavy (non-hydrogen) atoms. The molecule has 1 saturated heterocycles. The van der Waals surface area contributed by atoms with Crippen molar-refractivity contribution in [2.24, 2.45) is 5.73 Å². The smallest absolute Gasteiger partial charge is 0.244 e. The van der Waals surface area contributed by atoms with Gasteiger partial charge in [0, 0.05) is 26.1 Å². The van der Waals surface area contributed by atoms with E-state index in [0.717, 1.165) is 29.7 Å². The van der Waals surface area contributed by atoms with Gasteiger partial charge in [-0.15, -0.1) is 12.4 Å². The van der Waals surface area contributed by atoms with E-state index >= 15 is 0 Å². The van der Waals surface area contributed by atoms with E-state index in [-0.39, 0.29) is 24.2 Å². The van der Waals surface area contributed by atoms with Gasteiger partial charge in [-0.25, -0.2) is 0 Å². The molecule has 1 heterocycles. The summed E-state index contributed by atoms with van der Waals surface area (Å²) in [5.74, 6) is -0.00529. The summed E-state index contributed by atoms with van der Waals surface area (Å²) in [5.41, 5.74) is 8.00. The van der Waals surface area contributed by atoms with Crippen molar-refractivity contribution in [2.75, 3.05) is 6.54 Å². The molecule has 1 unspecified atom stereocenters. The molecule has 0 aliphatic carbocycles. The van der Waals surface area contributed by atoms with Crippen LogP contribution in [0.5, 0.6) is 0 Å². The number of benzene rings is 2. The van der Waals surface area contributed by atoms with Crippen LogP contribution in [0.1, 0.15) is 36.5 Å². The number of halogens is 1. The number of amides is 2. The molecular formula is C21H26ClN3O2. The maximum absolute atomic E-state index is 12.6. The van der Waals surface area contributed by atoms with Crippen LogP contribution in [0.3, 0.4) is 0 Å². The molecule has 1 atom stereocenters. The Morgan fingerprint density at radius 1 is 1.15 bits per heavy atom. The highest BCUT2D eigenvalue weighted by Gasteiger charge is 2.30. The number of carbonyl (C=O) groups excluding carboxylic acids is 2. The monoisotopic (exact) mass is 387 g/mol. The minimum Gasteiger partial charge on any atom is -0.350 e. The Hall–Kier alpha value is -2.37. The normalized spacial score (nSPS) is 15.8. The quantitative estimate of drug-likeness (QED) is 0.800. The molecule has 1 aliphatic heterocycles. The Labute approximate surface area is 166 Å². The van der Waals surface area contributed by atoms with Crippen molar-refractivity contribution in [1.82, 2.24) is 10.2 Å². The molecule has 0 bridgehead atoms. The number of nitrogens with one attached hydrogen (secondary N) is 1. The van der Waals surface area contributed by atoms with Crippen LogP contribution in [-0.2, 0) is 28.2 Å². The molecule has 144 valence electrons. The Kier molecular flexibility index (Phi) is 6.99. The van der Waals surface area contributed by atoms with Gasteiger partial charge in [-0.05, 0) is 30.0 Å². The third kappa shape index (κ3) is 5.08. The zero-order chi connectivity index (χ0) is 18.6. The zero-order valence-electron chi connectivity index (χ0n) is 15.5. The number of nitrogens with zero attached hydrogens (tertiary/aromatic N) is 1. The molecular weight excluding hydrogens is 362 g/mol. The maximum Gasteiger partial charge on any atom is 0.244 e. The van der Waals surface area contributed by atoms with Gasteiger partial charge in [0.25, 0.3) is 0 Å². The van der Waals surface area contributed by atoms with Crippen molar-refractivity contribution in [1.29, 1.82) is 0 Å². The van der Waals surface area contributed by atoms with Crippen LogP contribution in [0, 0.1) is 0 Å². The van der Waals surface area contributed by atoms with Crippen molar-refractivity contribution in [3.05, 3.63) is 71.3 Å². The van der Waals surface area contributed by atoms with Crippen LogP contribution in [0.4, 0.5) is 0 Å². The van der Waals surface area contributed by atoms with Crippen molar-refractivity contribution in [3.63, 3.8) is 0 Å². The summed E-state index contributed by atoms with van der Waals surface area (Å²) in [5, 5.41) is 2.92. The standard InChI is InChI=1S/C21H25N3O2.ClH/c1-21(22,18-9-3-2-4-10-18)20(26)23-14-16-7-5-8-17(13-16)15-24-12-6-11-19(24)25;/h2-5,7-10,13H,6,11-12,14-15,22H2,1H3,(H,23,26);1H. The third-order valence-corrected chi connectivity index (χ3v) is 4.83. The Morgan fingerprint density at radius 3 is 2.52 bits per heavy atom. The number of likely N-dealkylation sites (tertiary alicyclic amines) is 1. The highest BCUT2D eigenvalue weighted by molar-refractivity contribution is 5.87. The van der Waals surface area contributed by atoms with Gasteiger partial charge in [0.1, 0.15) is 5.54 Å². The molecule has 0 saturated carbocycles. The molecule has 5 nitrogen and oxygen atoms in total. The lowest BCUT2D eigenvalue weighted by atomic mass is 9.92. The molecule has 0 radical (unpaired) electrons. The van der Waals surface area contributed by atoms with Gasteiger partial charge in [-0.2, -0.15) is 0 Å². The SMILES string of the molecule is CC(N)(C(=O)NCc1cccc(CN2CCCC2=O)c1)c1ccccc1.Cl. The summed E-state index contributed by atoms with van der Waals surface area (Å²) in [4.78, 5) is 26.2. The van der Waals surface area contributed by atoms with Gasteiger partial charge >= 0.3 is 0 Å². The second-order valence-electron chi connectivity index (χ2n) is 6.99. The zero-order valence-corrected chi connectivity index (χ0v) is 16.3. The van der Waals surface area contributed by atoms with Crippen LogP contribution >= 0.6 is 12.4 Å². The van der Waals surface area contributed by atoms with Crippen molar-refractivity contribution >= 4 is 24.2 Å². The Balaban J connectivity index is 0.00000261. The molecule has 2 amide bonds. The summed E-state index contributed by atoms with van der Waals surface area (Å²) >= 11 is 0. The minimum atomic E-state index is -1.08. The number of rotatable bonds is 6. The fourth-order valence-electron chi connectivity index (χ4n) is 3.21. The van der Waals surface area contributed by atoms with Crippen molar-refractivity contribution in [2.45, 2.75) is 38.4 Å². The average Bonchev–Trinajstić information content (AvgIpc) is 3.05. The molecule has 2 aromatic carbocycles. The van der Waals surface area contributed by atoms with Gasteiger partial charge in [0.2, 0.25) is 11.8 Å².